The first kappa shape index (κ1) is 17.8. The summed E-state index contributed by atoms with van der Waals surface area (Å²) in [5.41, 5.74) is -0.135. The third kappa shape index (κ3) is 5.23. The summed E-state index contributed by atoms with van der Waals surface area (Å²) < 4.78 is 38.2. The van der Waals surface area contributed by atoms with Crippen molar-refractivity contribution in [1.29, 1.82) is 0 Å². The molecule has 0 spiro atoms. The number of alkyl halides is 3. The van der Waals surface area contributed by atoms with E-state index >= 15 is 0 Å². The Labute approximate surface area is 134 Å². The van der Waals surface area contributed by atoms with Crippen LogP contribution in [0.2, 0.25) is 0 Å². The fourth-order valence-electron chi connectivity index (χ4n) is 2.82. The average molecular weight is 328 g/mol. The van der Waals surface area contributed by atoms with Crippen LogP contribution < -0.4 is 5.32 Å². The molecule has 1 N–H and O–H groups in total. The number of nitrogens with zero attached hydrogens (tertiary/aromatic N) is 1. The molecule has 2 rings (SSSR count). The van der Waals surface area contributed by atoms with Gasteiger partial charge in [-0.15, -0.1) is 0 Å². The molecule has 1 aromatic rings. The summed E-state index contributed by atoms with van der Waals surface area (Å²) >= 11 is 0. The molecule has 1 aliphatic heterocycles. The van der Waals surface area contributed by atoms with Crippen molar-refractivity contribution in [2.24, 2.45) is 5.92 Å². The second-order valence-corrected chi connectivity index (χ2v) is 6.39. The second kappa shape index (κ2) is 7.34. The van der Waals surface area contributed by atoms with Gasteiger partial charge in [0.2, 0.25) is 5.91 Å². The summed E-state index contributed by atoms with van der Waals surface area (Å²) in [5, 5.41) is 3.02. The lowest BCUT2D eigenvalue weighted by molar-refractivity contribution is -0.137. The van der Waals surface area contributed by atoms with Crippen LogP contribution in [-0.2, 0) is 17.4 Å². The van der Waals surface area contributed by atoms with Crippen LogP contribution >= 0.6 is 0 Å². The maximum atomic E-state index is 12.7. The van der Waals surface area contributed by atoms with Gasteiger partial charge in [0.25, 0.3) is 0 Å². The van der Waals surface area contributed by atoms with Crippen LogP contribution in [-0.4, -0.2) is 37.0 Å². The topological polar surface area (TPSA) is 32.3 Å². The Hall–Kier alpha value is -1.56. The molecule has 1 atom stereocenters. The molecule has 3 nitrogen and oxygen atoms in total. The van der Waals surface area contributed by atoms with Crippen molar-refractivity contribution in [3.63, 3.8) is 0 Å². The summed E-state index contributed by atoms with van der Waals surface area (Å²) in [7, 11) is 2.05. The van der Waals surface area contributed by atoms with Crippen molar-refractivity contribution >= 4 is 5.91 Å². The van der Waals surface area contributed by atoms with Gasteiger partial charge in [0.05, 0.1) is 5.56 Å². The number of halogens is 3. The SMILES string of the molecule is C[C@H](Cc1cccc(C(F)(F)F)c1)C(=O)NC1CCN(C)CC1. The maximum Gasteiger partial charge on any atom is 0.416 e. The average Bonchev–Trinajstić information content (AvgIpc) is 2.49. The van der Waals surface area contributed by atoms with Crippen LogP contribution in [0.3, 0.4) is 0 Å². The Bertz CT molecular complexity index is 537. The fraction of sp³-hybridized carbons (Fsp3) is 0.588. The number of nitrogens with one attached hydrogen (secondary N) is 1. The molecule has 6 heteroatoms. The van der Waals surface area contributed by atoms with Gasteiger partial charge in [-0.3, -0.25) is 4.79 Å². The molecular weight excluding hydrogens is 305 g/mol. The minimum Gasteiger partial charge on any atom is -0.353 e. The van der Waals surface area contributed by atoms with Crippen molar-refractivity contribution in [3.8, 4) is 0 Å². The summed E-state index contributed by atoms with van der Waals surface area (Å²) in [6, 6.07) is 5.36. The number of hydrogen-bond donors (Lipinski definition) is 1. The van der Waals surface area contributed by atoms with E-state index < -0.39 is 11.7 Å². The zero-order valence-corrected chi connectivity index (χ0v) is 13.5. The lowest BCUT2D eigenvalue weighted by Gasteiger charge is -2.30. The molecule has 0 bridgehead atoms. The van der Waals surface area contributed by atoms with E-state index in [0.717, 1.165) is 38.1 Å². The standard InChI is InChI=1S/C17H23F3N2O/c1-12(16(23)21-15-6-8-22(2)9-7-15)10-13-4-3-5-14(11-13)17(18,19)20/h3-5,11-12,15H,6-10H2,1-2H3,(H,21,23)/t12-/m1/s1. The van der Waals surface area contributed by atoms with Crippen molar-refractivity contribution in [2.45, 2.75) is 38.4 Å². The van der Waals surface area contributed by atoms with Crippen molar-refractivity contribution in [3.05, 3.63) is 35.4 Å². The predicted molar refractivity (Wildman–Crippen MR) is 83.0 cm³/mol. The zero-order chi connectivity index (χ0) is 17.0. The minimum absolute atomic E-state index is 0.0861. The van der Waals surface area contributed by atoms with Crippen LogP contribution in [0, 0.1) is 5.92 Å². The van der Waals surface area contributed by atoms with Crippen molar-refractivity contribution in [1.82, 2.24) is 10.2 Å². The molecule has 1 aliphatic rings. The highest BCUT2D eigenvalue weighted by Gasteiger charge is 2.30. The van der Waals surface area contributed by atoms with Gasteiger partial charge < -0.3 is 10.2 Å². The van der Waals surface area contributed by atoms with Crippen LogP contribution in [0.25, 0.3) is 0 Å². The molecule has 1 amide bonds. The monoisotopic (exact) mass is 328 g/mol. The van der Waals surface area contributed by atoms with Crippen LogP contribution in [0.4, 0.5) is 13.2 Å². The highest BCUT2D eigenvalue weighted by atomic mass is 19.4. The molecular formula is C17H23F3N2O. The van der Waals surface area contributed by atoms with Gasteiger partial charge >= 0.3 is 6.18 Å². The first-order valence-corrected chi connectivity index (χ1v) is 7.91. The number of carbonyl (C=O) groups is 1. The van der Waals surface area contributed by atoms with E-state index in [2.05, 4.69) is 10.2 Å². The number of carbonyl (C=O) groups excluding carboxylic acids is 1. The number of rotatable bonds is 4. The van der Waals surface area contributed by atoms with E-state index in [1.807, 2.05) is 7.05 Å². The van der Waals surface area contributed by atoms with Gasteiger partial charge in [0.15, 0.2) is 0 Å². The smallest absolute Gasteiger partial charge is 0.353 e. The normalized spacial score (nSPS) is 18.7. The van der Waals surface area contributed by atoms with E-state index in [9.17, 15) is 18.0 Å². The van der Waals surface area contributed by atoms with Gasteiger partial charge in [0.1, 0.15) is 0 Å². The minimum atomic E-state index is -4.35. The largest absolute Gasteiger partial charge is 0.416 e. The molecule has 1 heterocycles. The quantitative estimate of drug-likeness (QED) is 0.921. The second-order valence-electron chi connectivity index (χ2n) is 6.39. The fourth-order valence-corrected chi connectivity index (χ4v) is 2.82. The van der Waals surface area contributed by atoms with Crippen molar-refractivity contribution in [2.75, 3.05) is 20.1 Å². The molecule has 0 saturated carbocycles. The molecule has 1 aromatic carbocycles. The van der Waals surface area contributed by atoms with Crippen LogP contribution in [0.5, 0.6) is 0 Å². The predicted octanol–water partition coefficient (Wildman–Crippen LogP) is 3.09. The Morgan fingerprint density at radius 3 is 2.61 bits per heavy atom. The van der Waals surface area contributed by atoms with Gasteiger partial charge in [-0.2, -0.15) is 13.2 Å². The lowest BCUT2D eigenvalue weighted by Crippen LogP contribution is -2.45. The Balaban J connectivity index is 1.91. The van der Waals surface area contributed by atoms with E-state index in [1.54, 1.807) is 13.0 Å². The molecule has 0 unspecified atom stereocenters. The highest BCUT2D eigenvalue weighted by molar-refractivity contribution is 5.78. The van der Waals surface area contributed by atoms with E-state index in [0.29, 0.717) is 12.0 Å². The Kier molecular flexibility index (Phi) is 5.68. The highest BCUT2D eigenvalue weighted by Crippen LogP contribution is 2.30. The molecule has 0 radical (unpaired) electrons. The van der Waals surface area contributed by atoms with E-state index in [1.165, 1.54) is 6.07 Å². The summed E-state index contributed by atoms with van der Waals surface area (Å²) in [6.07, 6.45) is -2.21. The van der Waals surface area contributed by atoms with E-state index in [-0.39, 0.29) is 17.9 Å². The summed E-state index contributed by atoms with van der Waals surface area (Å²) in [6.45, 7) is 3.66. The lowest BCUT2D eigenvalue weighted by atomic mass is 9.97. The molecule has 0 aromatic heterocycles. The maximum absolute atomic E-state index is 12.7. The Morgan fingerprint density at radius 1 is 1.35 bits per heavy atom. The first-order chi connectivity index (χ1) is 10.8. The van der Waals surface area contributed by atoms with Gasteiger partial charge in [-0.25, -0.2) is 0 Å². The first-order valence-electron chi connectivity index (χ1n) is 7.91. The molecule has 1 saturated heterocycles. The third-order valence-corrected chi connectivity index (χ3v) is 4.31. The number of piperidine rings is 1. The number of benzene rings is 1. The summed E-state index contributed by atoms with van der Waals surface area (Å²) in [4.78, 5) is 14.4. The number of likely N-dealkylation sites (tertiary alicyclic amines) is 1. The number of amides is 1. The molecule has 23 heavy (non-hydrogen) atoms. The molecule has 128 valence electrons. The molecule has 1 fully saturated rings. The number of hydrogen-bond acceptors (Lipinski definition) is 2. The van der Waals surface area contributed by atoms with Gasteiger partial charge in [-0.1, -0.05) is 25.1 Å². The zero-order valence-electron chi connectivity index (χ0n) is 13.5. The Morgan fingerprint density at radius 2 is 2.00 bits per heavy atom. The molecule has 0 aliphatic carbocycles. The summed E-state index contributed by atoms with van der Waals surface area (Å²) in [5.74, 6) is -0.435. The van der Waals surface area contributed by atoms with E-state index in [4.69, 9.17) is 0 Å². The third-order valence-electron chi connectivity index (χ3n) is 4.31. The van der Waals surface area contributed by atoms with Gasteiger partial charge in [0, 0.05) is 12.0 Å². The van der Waals surface area contributed by atoms with Gasteiger partial charge in [-0.05, 0) is 51.0 Å². The van der Waals surface area contributed by atoms with Crippen LogP contribution in [0.1, 0.15) is 30.9 Å². The van der Waals surface area contributed by atoms with Crippen molar-refractivity contribution < 1.29 is 18.0 Å². The van der Waals surface area contributed by atoms with Crippen LogP contribution in [0.15, 0.2) is 24.3 Å².